The normalized spacial score (nSPS) is 10.6. The lowest BCUT2D eigenvalue weighted by Crippen LogP contribution is -2.34. The van der Waals surface area contributed by atoms with Gasteiger partial charge in [0.1, 0.15) is 5.76 Å². The van der Waals surface area contributed by atoms with Gasteiger partial charge in [0.05, 0.1) is 12.8 Å². The molecule has 0 aliphatic carbocycles. The van der Waals surface area contributed by atoms with Crippen LogP contribution in [0.5, 0.6) is 0 Å². The van der Waals surface area contributed by atoms with E-state index < -0.39 is 5.91 Å². The summed E-state index contributed by atoms with van der Waals surface area (Å²) in [5.41, 5.74) is 3.79. The molecule has 0 fully saturated rings. The highest BCUT2D eigenvalue weighted by molar-refractivity contribution is 9.10. The van der Waals surface area contributed by atoms with E-state index >= 15 is 0 Å². The van der Waals surface area contributed by atoms with Gasteiger partial charge in [0.2, 0.25) is 0 Å². The fourth-order valence-corrected chi connectivity index (χ4v) is 1.97. The predicted octanol–water partition coefficient (Wildman–Crippen LogP) is 2.23. The lowest BCUT2D eigenvalue weighted by Gasteiger charge is -2.04. The number of carbonyl (C=O) groups is 2. The number of nitrogens with one attached hydrogen (secondary N) is 2. The molecular weight excluding hydrogens is 350 g/mol. The second-order valence-electron chi connectivity index (χ2n) is 4.49. The molecule has 0 bridgehead atoms. The summed E-state index contributed by atoms with van der Waals surface area (Å²) in [6.07, 6.45) is 1.37. The van der Waals surface area contributed by atoms with Crippen LogP contribution in [0.4, 0.5) is 0 Å². The number of hydrogen-bond donors (Lipinski definition) is 2. The average molecular weight is 364 g/mol. The smallest absolute Gasteiger partial charge is 0.259 e. The highest BCUT2D eigenvalue weighted by Gasteiger charge is 2.07. The maximum atomic E-state index is 11.8. The van der Waals surface area contributed by atoms with Gasteiger partial charge in [-0.25, -0.2) is 5.43 Å². The lowest BCUT2D eigenvalue weighted by atomic mass is 10.1. The summed E-state index contributed by atoms with van der Waals surface area (Å²) in [7, 11) is 0. The number of carbonyl (C=O) groups excluding carboxylic acids is 2. The first-order valence-electron chi connectivity index (χ1n) is 6.47. The number of rotatable bonds is 5. The van der Waals surface area contributed by atoms with Crippen LogP contribution in [0.3, 0.4) is 0 Å². The van der Waals surface area contributed by atoms with Crippen LogP contribution in [0.15, 0.2) is 50.6 Å². The first-order chi connectivity index (χ1) is 10.5. The van der Waals surface area contributed by atoms with Crippen LogP contribution < -0.4 is 10.7 Å². The number of benzene rings is 1. The molecule has 6 nitrogen and oxygen atoms in total. The van der Waals surface area contributed by atoms with E-state index in [1.165, 1.54) is 6.21 Å². The molecule has 0 saturated carbocycles. The molecule has 0 aliphatic rings. The molecule has 0 saturated heterocycles. The van der Waals surface area contributed by atoms with E-state index in [2.05, 4.69) is 31.8 Å². The molecule has 0 aliphatic heterocycles. The van der Waals surface area contributed by atoms with E-state index in [0.717, 1.165) is 5.56 Å². The first-order valence-corrected chi connectivity index (χ1v) is 7.26. The summed E-state index contributed by atoms with van der Waals surface area (Å²) in [5, 5.41) is 6.25. The summed E-state index contributed by atoms with van der Waals surface area (Å²) in [5.74, 6) is -0.239. The fraction of sp³-hybridized carbons (Fsp3) is 0.133. The van der Waals surface area contributed by atoms with Gasteiger partial charge in [-0.2, -0.15) is 5.10 Å². The Morgan fingerprint density at radius 1 is 1.32 bits per heavy atom. The summed E-state index contributed by atoms with van der Waals surface area (Å²) in [4.78, 5) is 23.4. The highest BCUT2D eigenvalue weighted by atomic mass is 79.9. The number of aryl methyl sites for hydroxylation is 1. The molecule has 0 spiro atoms. The third-order valence-corrected chi connectivity index (χ3v) is 3.09. The quantitative estimate of drug-likeness (QED) is 0.631. The van der Waals surface area contributed by atoms with Gasteiger partial charge in [-0.05, 0) is 47.1 Å². The number of hydrazone groups is 1. The van der Waals surface area contributed by atoms with Gasteiger partial charge in [-0.15, -0.1) is 0 Å². The van der Waals surface area contributed by atoms with Crippen molar-refractivity contribution in [3.05, 3.63) is 58.0 Å². The van der Waals surface area contributed by atoms with Crippen molar-refractivity contribution in [3.63, 3.8) is 0 Å². The molecule has 2 rings (SSSR count). The first kappa shape index (κ1) is 16.0. The van der Waals surface area contributed by atoms with Crippen molar-refractivity contribution in [2.45, 2.75) is 6.92 Å². The Hall–Kier alpha value is -2.41. The number of furan rings is 1. The topological polar surface area (TPSA) is 83.7 Å². The second kappa shape index (κ2) is 7.56. The standard InChI is InChI=1S/C15H14BrN3O3/c1-10-3-2-4-11(7-10)15(21)17-9-14(20)19-18-8-12-5-6-13(16)22-12/h2-8H,9H2,1H3,(H,17,21)(H,19,20)/b18-8+. The Bertz CT molecular complexity index is 710. The van der Waals surface area contributed by atoms with E-state index in [-0.39, 0.29) is 12.5 Å². The van der Waals surface area contributed by atoms with Crippen molar-refractivity contribution >= 4 is 34.0 Å². The number of nitrogens with zero attached hydrogens (tertiary/aromatic N) is 1. The SMILES string of the molecule is Cc1cccc(C(=O)NCC(=O)N/N=C/c2ccc(Br)o2)c1. The van der Waals surface area contributed by atoms with Crippen LogP contribution in [0, 0.1) is 6.92 Å². The van der Waals surface area contributed by atoms with Gasteiger partial charge >= 0.3 is 0 Å². The van der Waals surface area contributed by atoms with E-state index in [1.54, 1.807) is 30.3 Å². The number of amides is 2. The monoisotopic (exact) mass is 363 g/mol. The van der Waals surface area contributed by atoms with Crippen molar-refractivity contribution in [3.8, 4) is 0 Å². The predicted molar refractivity (Wildman–Crippen MR) is 85.7 cm³/mol. The molecular formula is C15H14BrN3O3. The molecule has 1 aromatic carbocycles. The van der Waals surface area contributed by atoms with Crippen molar-refractivity contribution in [1.29, 1.82) is 0 Å². The minimum atomic E-state index is -0.428. The van der Waals surface area contributed by atoms with Crippen LogP contribution in [-0.4, -0.2) is 24.6 Å². The van der Waals surface area contributed by atoms with E-state index in [0.29, 0.717) is 16.0 Å². The summed E-state index contributed by atoms with van der Waals surface area (Å²) in [6.45, 7) is 1.73. The largest absolute Gasteiger partial charge is 0.448 e. The molecule has 7 heteroatoms. The van der Waals surface area contributed by atoms with E-state index in [9.17, 15) is 9.59 Å². The third kappa shape index (κ3) is 4.85. The van der Waals surface area contributed by atoms with Crippen LogP contribution >= 0.6 is 15.9 Å². The summed E-state index contributed by atoms with van der Waals surface area (Å²) < 4.78 is 5.75. The van der Waals surface area contributed by atoms with Gasteiger partial charge in [0, 0.05) is 5.56 Å². The maximum Gasteiger partial charge on any atom is 0.259 e. The molecule has 114 valence electrons. The van der Waals surface area contributed by atoms with Crippen molar-refractivity contribution in [2.75, 3.05) is 6.54 Å². The highest BCUT2D eigenvalue weighted by Crippen LogP contribution is 2.11. The van der Waals surface area contributed by atoms with Gasteiger partial charge in [-0.3, -0.25) is 9.59 Å². The minimum absolute atomic E-state index is 0.161. The fourth-order valence-electron chi connectivity index (χ4n) is 1.65. The Morgan fingerprint density at radius 3 is 2.82 bits per heavy atom. The Kier molecular flexibility index (Phi) is 5.48. The summed E-state index contributed by atoms with van der Waals surface area (Å²) >= 11 is 3.16. The van der Waals surface area contributed by atoms with Crippen molar-refractivity contribution in [1.82, 2.24) is 10.7 Å². The molecule has 2 amide bonds. The maximum absolute atomic E-state index is 11.8. The zero-order chi connectivity index (χ0) is 15.9. The Labute approximate surface area is 135 Å². The second-order valence-corrected chi connectivity index (χ2v) is 5.27. The van der Waals surface area contributed by atoms with E-state index in [4.69, 9.17) is 4.42 Å². The lowest BCUT2D eigenvalue weighted by molar-refractivity contribution is -0.120. The molecule has 2 aromatic rings. The van der Waals surface area contributed by atoms with Gasteiger partial charge in [0.25, 0.3) is 11.8 Å². The molecule has 22 heavy (non-hydrogen) atoms. The Balaban J connectivity index is 1.78. The van der Waals surface area contributed by atoms with Gasteiger partial charge < -0.3 is 9.73 Å². The average Bonchev–Trinajstić information content (AvgIpc) is 2.90. The zero-order valence-electron chi connectivity index (χ0n) is 11.8. The molecule has 1 aromatic heterocycles. The zero-order valence-corrected chi connectivity index (χ0v) is 13.4. The molecule has 2 N–H and O–H groups in total. The minimum Gasteiger partial charge on any atom is -0.448 e. The molecule has 1 heterocycles. The Morgan fingerprint density at radius 2 is 2.14 bits per heavy atom. The van der Waals surface area contributed by atoms with Gasteiger partial charge in [0.15, 0.2) is 4.67 Å². The number of halogens is 1. The van der Waals surface area contributed by atoms with Crippen LogP contribution in [-0.2, 0) is 4.79 Å². The number of hydrogen-bond acceptors (Lipinski definition) is 4. The molecule has 0 atom stereocenters. The van der Waals surface area contributed by atoms with Gasteiger partial charge in [-0.1, -0.05) is 17.7 Å². The van der Waals surface area contributed by atoms with Crippen LogP contribution in [0.1, 0.15) is 21.7 Å². The molecule has 0 radical (unpaired) electrons. The van der Waals surface area contributed by atoms with E-state index in [1.807, 2.05) is 13.0 Å². The third-order valence-electron chi connectivity index (χ3n) is 2.66. The van der Waals surface area contributed by atoms with Crippen LogP contribution in [0.25, 0.3) is 0 Å². The molecule has 0 unspecified atom stereocenters. The van der Waals surface area contributed by atoms with Crippen molar-refractivity contribution in [2.24, 2.45) is 5.10 Å². The summed E-state index contributed by atoms with van der Waals surface area (Å²) in [6, 6.07) is 10.5. The van der Waals surface area contributed by atoms with Crippen molar-refractivity contribution < 1.29 is 14.0 Å². The van der Waals surface area contributed by atoms with Crippen LogP contribution in [0.2, 0.25) is 0 Å².